The van der Waals surface area contributed by atoms with Crippen molar-refractivity contribution in [3.8, 4) is 0 Å². The van der Waals surface area contributed by atoms with Crippen molar-refractivity contribution in [1.82, 2.24) is 0 Å². The van der Waals surface area contributed by atoms with Crippen molar-refractivity contribution in [3.05, 3.63) is 24.3 Å². The van der Waals surface area contributed by atoms with Gasteiger partial charge in [0.15, 0.2) is 5.78 Å². The first kappa shape index (κ1) is 12.7. The first-order valence-electron chi connectivity index (χ1n) is 5.57. The minimum absolute atomic E-state index is 0.0319. The van der Waals surface area contributed by atoms with Gasteiger partial charge in [0.2, 0.25) is 0 Å². The zero-order valence-electron chi connectivity index (χ0n) is 10.0. The monoisotopic (exact) mass is 222 g/mol. The summed E-state index contributed by atoms with van der Waals surface area (Å²) in [6.07, 6.45) is 8.73. The molecular formula is C13H18O3. The van der Waals surface area contributed by atoms with Gasteiger partial charge < -0.3 is 4.74 Å². The van der Waals surface area contributed by atoms with Crippen LogP contribution in [-0.2, 0) is 14.3 Å². The Bertz CT molecular complexity index is 341. The van der Waals surface area contributed by atoms with Gasteiger partial charge in [-0.15, -0.1) is 0 Å². The lowest BCUT2D eigenvalue weighted by atomic mass is 9.88. The van der Waals surface area contributed by atoms with E-state index in [1.54, 1.807) is 13.0 Å². The molecular weight excluding hydrogens is 204 g/mol. The number of rotatable bonds is 4. The van der Waals surface area contributed by atoms with Crippen molar-refractivity contribution in [1.29, 1.82) is 0 Å². The van der Waals surface area contributed by atoms with Crippen LogP contribution in [0.15, 0.2) is 24.3 Å². The number of ether oxygens (including phenoxy) is 1. The Morgan fingerprint density at radius 1 is 1.56 bits per heavy atom. The maximum absolute atomic E-state index is 11.7. The lowest BCUT2D eigenvalue weighted by Crippen LogP contribution is -2.37. The van der Waals surface area contributed by atoms with Crippen molar-refractivity contribution in [3.63, 3.8) is 0 Å². The van der Waals surface area contributed by atoms with Crippen LogP contribution in [0.25, 0.3) is 0 Å². The SMILES string of the molecule is CC/C=C\CC1C(=O)C=CC1(C)OC(C)=O. The predicted molar refractivity (Wildman–Crippen MR) is 61.9 cm³/mol. The van der Waals surface area contributed by atoms with Gasteiger partial charge in [0, 0.05) is 6.92 Å². The number of ketones is 1. The fourth-order valence-corrected chi connectivity index (χ4v) is 1.93. The Labute approximate surface area is 96.2 Å². The maximum atomic E-state index is 11.7. The van der Waals surface area contributed by atoms with E-state index in [4.69, 9.17) is 4.74 Å². The Morgan fingerprint density at radius 3 is 2.81 bits per heavy atom. The summed E-state index contributed by atoms with van der Waals surface area (Å²) in [5.74, 6) is -0.602. The summed E-state index contributed by atoms with van der Waals surface area (Å²) in [6, 6.07) is 0. The molecule has 1 aliphatic carbocycles. The molecule has 88 valence electrons. The summed E-state index contributed by atoms with van der Waals surface area (Å²) < 4.78 is 5.23. The molecule has 0 saturated heterocycles. The van der Waals surface area contributed by atoms with Gasteiger partial charge in [0.05, 0.1) is 5.92 Å². The van der Waals surface area contributed by atoms with E-state index >= 15 is 0 Å². The molecule has 3 heteroatoms. The fraction of sp³-hybridized carbons (Fsp3) is 0.538. The normalized spacial score (nSPS) is 28.9. The standard InChI is InChI=1S/C13H18O3/c1-4-5-6-7-11-12(15)8-9-13(11,3)16-10(2)14/h5-6,8-9,11H,4,7H2,1-3H3/b6-5-. The Hall–Kier alpha value is -1.38. The summed E-state index contributed by atoms with van der Waals surface area (Å²) in [5, 5.41) is 0. The lowest BCUT2D eigenvalue weighted by Gasteiger charge is -2.28. The highest BCUT2D eigenvalue weighted by molar-refractivity contribution is 5.96. The van der Waals surface area contributed by atoms with Crippen LogP contribution in [0.3, 0.4) is 0 Å². The molecule has 0 aliphatic heterocycles. The van der Waals surface area contributed by atoms with Gasteiger partial charge in [-0.2, -0.15) is 0 Å². The lowest BCUT2D eigenvalue weighted by molar-refractivity contribution is -0.155. The number of allylic oxidation sites excluding steroid dienone is 3. The molecule has 0 heterocycles. The fourth-order valence-electron chi connectivity index (χ4n) is 1.93. The van der Waals surface area contributed by atoms with E-state index in [0.29, 0.717) is 6.42 Å². The molecule has 0 spiro atoms. The van der Waals surface area contributed by atoms with Gasteiger partial charge in [0.1, 0.15) is 5.60 Å². The first-order chi connectivity index (χ1) is 7.49. The van der Waals surface area contributed by atoms with Gasteiger partial charge in [-0.05, 0) is 31.9 Å². The van der Waals surface area contributed by atoms with Gasteiger partial charge in [-0.3, -0.25) is 9.59 Å². The molecule has 16 heavy (non-hydrogen) atoms. The molecule has 1 rings (SSSR count). The predicted octanol–water partition coefficient (Wildman–Crippen LogP) is 2.42. The molecule has 0 aromatic rings. The van der Waals surface area contributed by atoms with Gasteiger partial charge >= 0.3 is 5.97 Å². The minimum atomic E-state index is -0.777. The molecule has 0 aromatic carbocycles. The van der Waals surface area contributed by atoms with E-state index in [0.717, 1.165) is 6.42 Å². The van der Waals surface area contributed by atoms with Crippen LogP contribution in [-0.4, -0.2) is 17.4 Å². The molecule has 0 aromatic heterocycles. The zero-order valence-corrected chi connectivity index (χ0v) is 10.0. The Morgan fingerprint density at radius 2 is 2.25 bits per heavy atom. The van der Waals surface area contributed by atoms with Crippen LogP contribution >= 0.6 is 0 Å². The van der Waals surface area contributed by atoms with E-state index in [2.05, 4.69) is 0 Å². The van der Waals surface area contributed by atoms with Crippen molar-refractivity contribution in [2.24, 2.45) is 5.92 Å². The molecule has 2 unspecified atom stereocenters. The van der Waals surface area contributed by atoms with Crippen LogP contribution in [0.4, 0.5) is 0 Å². The number of esters is 1. The van der Waals surface area contributed by atoms with Crippen LogP contribution in [0.2, 0.25) is 0 Å². The van der Waals surface area contributed by atoms with E-state index < -0.39 is 5.60 Å². The molecule has 2 atom stereocenters. The molecule has 3 nitrogen and oxygen atoms in total. The number of hydrogen-bond acceptors (Lipinski definition) is 3. The summed E-state index contributed by atoms with van der Waals surface area (Å²) in [6.45, 7) is 5.18. The van der Waals surface area contributed by atoms with Crippen LogP contribution < -0.4 is 0 Å². The summed E-state index contributed by atoms with van der Waals surface area (Å²) in [7, 11) is 0. The van der Waals surface area contributed by atoms with Crippen molar-refractivity contribution in [2.45, 2.75) is 39.2 Å². The summed E-state index contributed by atoms with van der Waals surface area (Å²) in [4.78, 5) is 22.7. The third kappa shape index (κ3) is 2.81. The maximum Gasteiger partial charge on any atom is 0.303 e. The summed E-state index contributed by atoms with van der Waals surface area (Å²) >= 11 is 0. The molecule has 0 radical (unpaired) electrons. The molecule has 0 N–H and O–H groups in total. The highest BCUT2D eigenvalue weighted by Crippen LogP contribution is 2.33. The topological polar surface area (TPSA) is 43.4 Å². The largest absolute Gasteiger partial charge is 0.454 e. The minimum Gasteiger partial charge on any atom is -0.454 e. The van der Waals surface area contributed by atoms with Crippen LogP contribution in [0.5, 0.6) is 0 Å². The first-order valence-corrected chi connectivity index (χ1v) is 5.57. The number of carbonyl (C=O) groups is 2. The molecule has 0 fully saturated rings. The molecule has 0 amide bonds. The Kier molecular flexibility index (Phi) is 4.05. The summed E-state index contributed by atoms with van der Waals surface area (Å²) in [5.41, 5.74) is -0.777. The van der Waals surface area contributed by atoms with E-state index in [9.17, 15) is 9.59 Å². The highest BCUT2D eigenvalue weighted by atomic mass is 16.6. The second kappa shape index (κ2) is 5.10. The third-order valence-electron chi connectivity index (χ3n) is 2.75. The highest BCUT2D eigenvalue weighted by Gasteiger charge is 2.42. The molecule has 0 saturated carbocycles. The smallest absolute Gasteiger partial charge is 0.303 e. The number of carbonyl (C=O) groups excluding carboxylic acids is 2. The number of hydrogen-bond donors (Lipinski definition) is 0. The quantitative estimate of drug-likeness (QED) is 0.542. The van der Waals surface area contributed by atoms with Crippen molar-refractivity contribution in [2.75, 3.05) is 0 Å². The Balaban J connectivity index is 2.75. The second-order valence-electron chi connectivity index (χ2n) is 4.18. The van der Waals surface area contributed by atoms with Gasteiger partial charge in [-0.25, -0.2) is 0 Å². The average molecular weight is 222 g/mol. The van der Waals surface area contributed by atoms with Crippen LogP contribution in [0, 0.1) is 5.92 Å². The van der Waals surface area contributed by atoms with Crippen molar-refractivity contribution >= 4 is 11.8 Å². The van der Waals surface area contributed by atoms with E-state index in [1.807, 2.05) is 19.1 Å². The molecule has 1 aliphatic rings. The van der Waals surface area contributed by atoms with Crippen molar-refractivity contribution < 1.29 is 14.3 Å². The van der Waals surface area contributed by atoms with Gasteiger partial charge in [0.25, 0.3) is 0 Å². The van der Waals surface area contributed by atoms with Crippen LogP contribution in [0.1, 0.15) is 33.6 Å². The van der Waals surface area contributed by atoms with Gasteiger partial charge in [-0.1, -0.05) is 19.1 Å². The third-order valence-corrected chi connectivity index (χ3v) is 2.75. The van der Waals surface area contributed by atoms with E-state index in [-0.39, 0.29) is 17.7 Å². The zero-order chi connectivity index (χ0) is 12.2. The van der Waals surface area contributed by atoms with E-state index in [1.165, 1.54) is 13.0 Å². The second-order valence-corrected chi connectivity index (χ2v) is 4.18. The molecule has 0 bridgehead atoms. The average Bonchev–Trinajstić information content (AvgIpc) is 2.44.